The van der Waals surface area contributed by atoms with E-state index >= 15 is 0 Å². The number of anilines is 1. The lowest BCUT2D eigenvalue weighted by molar-refractivity contribution is 0.102. The normalized spacial score (nSPS) is 10.8. The van der Waals surface area contributed by atoms with Crippen LogP contribution in [0.4, 0.5) is 5.13 Å². The summed E-state index contributed by atoms with van der Waals surface area (Å²) in [4.78, 5) is 30.7. The zero-order valence-electron chi connectivity index (χ0n) is 15.8. The Morgan fingerprint density at radius 3 is 2.76 bits per heavy atom. The maximum absolute atomic E-state index is 12.7. The van der Waals surface area contributed by atoms with E-state index < -0.39 is 11.5 Å². The van der Waals surface area contributed by atoms with Crippen molar-refractivity contribution >= 4 is 33.3 Å². The van der Waals surface area contributed by atoms with Crippen LogP contribution >= 0.6 is 11.3 Å². The van der Waals surface area contributed by atoms with Crippen molar-refractivity contribution < 1.29 is 9.21 Å². The average Bonchev–Trinajstić information content (AvgIpc) is 3.09. The molecule has 0 bridgehead atoms. The standard InChI is InChI=1S/C23H18N2O3S/c1-3-8-16-11-7-12-17-13-18(22(27)28-20(16)17)21(26)25-23-24-19(14(2)29-23)15-9-5-4-6-10-15/h3-7,9-13H,1,8H2,2H3,(H,24,25,26). The summed E-state index contributed by atoms with van der Waals surface area (Å²) in [6.07, 6.45) is 2.32. The third-order valence-corrected chi connectivity index (χ3v) is 5.40. The van der Waals surface area contributed by atoms with Crippen molar-refractivity contribution in [1.29, 1.82) is 0 Å². The summed E-state index contributed by atoms with van der Waals surface area (Å²) in [5.41, 5.74) is 2.38. The molecule has 2 aromatic carbocycles. The molecule has 0 saturated heterocycles. The van der Waals surface area contributed by atoms with Gasteiger partial charge in [0.25, 0.3) is 5.91 Å². The van der Waals surface area contributed by atoms with Gasteiger partial charge < -0.3 is 4.42 Å². The first-order chi connectivity index (χ1) is 14.1. The van der Waals surface area contributed by atoms with Gasteiger partial charge in [-0.05, 0) is 25.0 Å². The minimum atomic E-state index is -0.678. The van der Waals surface area contributed by atoms with Gasteiger partial charge in [-0.15, -0.1) is 17.9 Å². The van der Waals surface area contributed by atoms with Gasteiger partial charge in [-0.25, -0.2) is 9.78 Å². The maximum Gasteiger partial charge on any atom is 0.349 e. The Hall–Kier alpha value is -3.51. The zero-order valence-corrected chi connectivity index (χ0v) is 16.6. The predicted octanol–water partition coefficient (Wildman–Crippen LogP) is 5.21. The summed E-state index contributed by atoms with van der Waals surface area (Å²) in [6, 6.07) is 16.8. The van der Waals surface area contributed by atoms with Crippen LogP contribution in [0.25, 0.3) is 22.2 Å². The van der Waals surface area contributed by atoms with Gasteiger partial charge in [0.05, 0.1) is 5.69 Å². The van der Waals surface area contributed by atoms with Gasteiger partial charge in [-0.1, -0.05) is 54.6 Å². The van der Waals surface area contributed by atoms with Crippen LogP contribution in [0.15, 0.2) is 76.5 Å². The van der Waals surface area contributed by atoms with E-state index in [4.69, 9.17) is 4.42 Å². The SMILES string of the molecule is C=CCc1cccc2cc(C(=O)Nc3nc(-c4ccccc4)c(C)s3)c(=O)oc12. The van der Waals surface area contributed by atoms with E-state index in [0.717, 1.165) is 21.7 Å². The predicted molar refractivity (Wildman–Crippen MR) is 117 cm³/mol. The van der Waals surface area contributed by atoms with Crippen LogP contribution in [0.1, 0.15) is 20.8 Å². The number of nitrogens with one attached hydrogen (secondary N) is 1. The van der Waals surface area contributed by atoms with E-state index in [9.17, 15) is 9.59 Å². The molecule has 0 aliphatic carbocycles. The molecule has 4 rings (SSSR count). The largest absolute Gasteiger partial charge is 0.422 e. The number of hydrogen-bond acceptors (Lipinski definition) is 5. The lowest BCUT2D eigenvalue weighted by Crippen LogP contribution is -2.20. The van der Waals surface area contributed by atoms with Gasteiger partial charge in [0, 0.05) is 15.8 Å². The molecule has 2 heterocycles. The molecule has 0 spiro atoms. The third kappa shape index (κ3) is 3.75. The molecule has 0 unspecified atom stereocenters. The van der Waals surface area contributed by atoms with Crippen molar-refractivity contribution in [2.75, 3.05) is 5.32 Å². The molecule has 1 N–H and O–H groups in total. The van der Waals surface area contributed by atoms with Crippen molar-refractivity contribution in [3.05, 3.63) is 93.7 Å². The highest BCUT2D eigenvalue weighted by Gasteiger charge is 2.18. The molecule has 1 amide bonds. The third-order valence-electron chi connectivity index (χ3n) is 4.51. The molecule has 0 saturated carbocycles. The van der Waals surface area contributed by atoms with Crippen molar-refractivity contribution in [2.45, 2.75) is 13.3 Å². The van der Waals surface area contributed by atoms with Gasteiger partial charge >= 0.3 is 5.63 Å². The highest BCUT2D eigenvalue weighted by atomic mass is 32.1. The highest BCUT2D eigenvalue weighted by molar-refractivity contribution is 7.16. The molecule has 6 heteroatoms. The number of hydrogen-bond donors (Lipinski definition) is 1. The summed E-state index contributed by atoms with van der Waals surface area (Å²) in [6.45, 7) is 5.66. The zero-order chi connectivity index (χ0) is 20.4. The summed E-state index contributed by atoms with van der Waals surface area (Å²) in [5.74, 6) is -0.539. The summed E-state index contributed by atoms with van der Waals surface area (Å²) < 4.78 is 5.45. The van der Waals surface area contributed by atoms with Crippen molar-refractivity contribution in [3.63, 3.8) is 0 Å². The number of allylic oxidation sites excluding steroid dienone is 1. The number of carbonyl (C=O) groups excluding carboxylic acids is 1. The molecule has 4 aromatic rings. The molecule has 2 aromatic heterocycles. The number of carbonyl (C=O) groups is 1. The van der Waals surface area contributed by atoms with Crippen LogP contribution in [-0.2, 0) is 6.42 Å². The van der Waals surface area contributed by atoms with E-state index in [0.29, 0.717) is 22.5 Å². The number of aromatic nitrogens is 1. The number of thiazole rings is 1. The Labute approximate surface area is 171 Å². The number of aryl methyl sites for hydroxylation is 1. The topological polar surface area (TPSA) is 72.2 Å². The lowest BCUT2D eigenvalue weighted by atomic mass is 10.1. The van der Waals surface area contributed by atoms with Crippen LogP contribution in [0.5, 0.6) is 0 Å². The second-order valence-corrected chi connectivity index (χ2v) is 7.72. The van der Waals surface area contributed by atoms with E-state index in [1.807, 2.05) is 55.5 Å². The monoisotopic (exact) mass is 402 g/mol. The van der Waals surface area contributed by atoms with E-state index in [1.54, 1.807) is 12.1 Å². The van der Waals surface area contributed by atoms with Crippen molar-refractivity contribution in [1.82, 2.24) is 4.98 Å². The quantitative estimate of drug-likeness (QED) is 0.368. The number of rotatable bonds is 5. The van der Waals surface area contributed by atoms with Gasteiger partial charge in [-0.3, -0.25) is 10.1 Å². The maximum atomic E-state index is 12.7. The molecule has 0 aliphatic heterocycles. The average molecular weight is 402 g/mol. The van der Waals surface area contributed by atoms with Gasteiger partial charge in [0.2, 0.25) is 0 Å². The molecular formula is C23H18N2O3S. The van der Waals surface area contributed by atoms with Gasteiger partial charge in [-0.2, -0.15) is 0 Å². The van der Waals surface area contributed by atoms with Crippen LogP contribution in [-0.4, -0.2) is 10.9 Å². The fraction of sp³-hybridized carbons (Fsp3) is 0.0870. The minimum Gasteiger partial charge on any atom is -0.422 e. The molecule has 29 heavy (non-hydrogen) atoms. The smallest absolute Gasteiger partial charge is 0.349 e. The molecule has 0 aliphatic rings. The molecule has 144 valence electrons. The van der Waals surface area contributed by atoms with Crippen LogP contribution in [0, 0.1) is 6.92 Å². The lowest BCUT2D eigenvalue weighted by Gasteiger charge is -2.05. The van der Waals surface area contributed by atoms with E-state index in [2.05, 4.69) is 16.9 Å². The van der Waals surface area contributed by atoms with Crippen molar-refractivity contribution in [2.24, 2.45) is 0 Å². The molecule has 0 radical (unpaired) electrons. The Morgan fingerprint density at radius 1 is 1.21 bits per heavy atom. The molecular weight excluding hydrogens is 384 g/mol. The highest BCUT2D eigenvalue weighted by Crippen LogP contribution is 2.30. The van der Waals surface area contributed by atoms with Gasteiger partial charge in [0.15, 0.2) is 5.13 Å². The Kier molecular flexibility index (Phi) is 5.10. The van der Waals surface area contributed by atoms with E-state index in [1.165, 1.54) is 11.3 Å². The molecule has 5 nitrogen and oxygen atoms in total. The van der Waals surface area contributed by atoms with Gasteiger partial charge in [0.1, 0.15) is 11.1 Å². The molecule has 0 fully saturated rings. The number of para-hydroxylation sites is 1. The second-order valence-electron chi connectivity index (χ2n) is 6.52. The number of benzene rings is 2. The van der Waals surface area contributed by atoms with Crippen molar-refractivity contribution in [3.8, 4) is 11.3 Å². The van der Waals surface area contributed by atoms with E-state index in [-0.39, 0.29) is 5.56 Å². The summed E-state index contributed by atoms with van der Waals surface area (Å²) in [5, 5.41) is 3.85. The first-order valence-electron chi connectivity index (χ1n) is 9.07. The fourth-order valence-electron chi connectivity index (χ4n) is 3.16. The first-order valence-corrected chi connectivity index (χ1v) is 9.89. The first kappa shape index (κ1) is 18.8. The van der Waals surface area contributed by atoms with Crippen LogP contribution in [0.2, 0.25) is 0 Å². The number of nitrogens with zero attached hydrogens (tertiary/aromatic N) is 1. The summed E-state index contributed by atoms with van der Waals surface area (Å²) in [7, 11) is 0. The Bertz CT molecular complexity index is 1270. The minimum absolute atomic E-state index is 0.0534. The number of fused-ring (bicyclic) bond motifs is 1. The van der Waals surface area contributed by atoms with Crippen LogP contribution < -0.4 is 10.9 Å². The summed E-state index contributed by atoms with van der Waals surface area (Å²) >= 11 is 1.36. The Balaban J connectivity index is 1.66. The molecule has 0 atom stereocenters. The second kappa shape index (κ2) is 7.85. The fourth-order valence-corrected chi connectivity index (χ4v) is 3.99. The Morgan fingerprint density at radius 2 is 2.00 bits per heavy atom. The number of amides is 1. The van der Waals surface area contributed by atoms with Crippen LogP contribution in [0.3, 0.4) is 0 Å².